The molecule has 1 aliphatic carbocycles. The molecule has 142 valence electrons. The van der Waals surface area contributed by atoms with E-state index in [-0.39, 0.29) is 11.8 Å². The van der Waals surface area contributed by atoms with Crippen LogP contribution in [0.15, 0.2) is 42.5 Å². The van der Waals surface area contributed by atoms with Gasteiger partial charge in [-0.3, -0.25) is 4.79 Å². The van der Waals surface area contributed by atoms with Crippen molar-refractivity contribution >= 4 is 22.5 Å². The van der Waals surface area contributed by atoms with E-state index in [0.717, 1.165) is 53.0 Å². The van der Waals surface area contributed by atoms with Crippen molar-refractivity contribution in [2.75, 3.05) is 11.9 Å². The zero-order valence-electron chi connectivity index (χ0n) is 16.2. The molecule has 5 heteroatoms. The van der Waals surface area contributed by atoms with Gasteiger partial charge in [0.05, 0.1) is 23.4 Å². The van der Waals surface area contributed by atoms with Gasteiger partial charge in [0.2, 0.25) is 5.91 Å². The predicted octanol–water partition coefficient (Wildman–Crippen LogP) is 4.95. The Bertz CT molecular complexity index is 1070. The highest BCUT2D eigenvalue weighted by molar-refractivity contribution is 5.96. The first-order chi connectivity index (χ1) is 13.7. The first-order valence-corrected chi connectivity index (χ1v) is 9.76. The van der Waals surface area contributed by atoms with E-state index < -0.39 is 0 Å². The SMILES string of the molecule is CCOc1ccc2c(C#N)c(-c3ccc(NC(=O)C4CC4)cc3)n(CC)c2c1. The quantitative estimate of drug-likeness (QED) is 0.665. The zero-order valence-corrected chi connectivity index (χ0v) is 16.2. The summed E-state index contributed by atoms with van der Waals surface area (Å²) in [7, 11) is 0. The van der Waals surface area contributed by atoms with Crippen LogP contribution in [-0.2, 0) is 11.3 Å². The van der Waals surface area contributed by atoms with Gasteiger partial charge in [-0.05, 0) is 56.5 Å². The van der Waals surface area contributed by atoms with Gasteiger partial charge in [-0.2, -0.15) is 5.26 Å². The Balaban J connectivity index is 1.76. The summed E-state index contributed by atoms with van der Waals surface area (Å²) in [6.07, 6.45) is 1.96. The van der Waals surface area contributed by atoms with Crippen molar-refractivity contribution < 1.29 is 9.53 Å². The van der Waals surface area contributed by atoms with Gasteiger partial charge in [0.15, 0.2) is 0 Å². The number of amides is 1. The highest BCUT2D eigenvalue weighted by atomic mass is 16.5. The Hall–Kier alpha value is -3.26. The number of anilines is 1. The number of benzene rings is 2. The van der Waals surface area contributed by atoms with Crippen LogP contribution in [-0.4, -0.2) is 17.1 Å². The second-order valence-electron chi connectivity index (χ2n) is 7.03. The average molecular weight is 373 g/mol. The lowest BCUT2D eigenvalue weighted by Crippen LogP contribution is -2.13. The number of aryl methyl sites for hydroxylation is 1. The highest BCUT2D eigenvalue weighted by Gasteiger charge is 2.29. The second kappa shape index (κ2) is 7.40. The van der Waals surface area contributed by atoms with Gasteiger partial charge in [-0.1, -0.05) is 12.1 Å². The molecule has 28 heavy (non-hydrogen) atoms. The Morgan fingerprint density at radius 1 is 1.21 bits per heavy atom. The van der Waals surface area contributed by atoms with Crippen LogP contribution in [0.2, 0.25) is 0 Å². The summed E-state index contributed by atoms with van der Waals surface area (Å²) < 4.78 is 7.79. The third kappa shape index (κ3) is 3.22. The minimum Gasteiger partial charge on any atom is -0.494 e. The van der Waals surface area contributed by atoms with Crippen molar-refractivity contribution in [3.8, 4) is 23.1 Å². The normalized spacial score (nSPS) is 13.3. The number of rotatable bonds is 6. The van der Waals surface area contributed by atoms with E-state index in [9.17, 15) is 10.1 Å². The number of nitriles is 1. The molecule has 1 amide bonds. The van der Waals surface area contributed by atoms with E-state index >= 15 is 0 Å². The lowest BCUT2D eigenvalue weighted by atomic mass is 10.1. The van der Waals surface area contributed by atoms with Crippen molar-refractivity contribution in [3.63, 3.8) is 0 Å². The predicted molar refractivity (Wildman–Crippen MR) is 110 cm³/mol. The molecule has 5 nitrogen and oxygen atoms in total. The largest absolute Gasteiger partial charge is 0.494 e. The van der Waals surface area contributed by atoms with Crippen molar-refractivity contribution in [1.82, 2.24) is 4.57 Å². The van der Waals surface area contributed by atoms with E-state index in [2.05, 4.69) is 22.9 Å². The maximum Gasteiger partial charge on any atom is 0.227 e. The molecule has 1 aliphatic rings. The summed E-state index contributed by atoms with van der Waals surface area (Å²) in [6.45, 7) is 5.37. The fraction of sp³-hybridized carbons (Fsp3) is 0.304. The van der Waals surface area contributed by atoms with Crippen LogP contribution in [0.4, 0.5) is 5.69 Å². The summed E-state index contributed by atoms with van der Waals surface area (Å²) in [5.74, 6) is 1.07. The molecule has 0 spiro atoms. The number of nitrogens with one attached hydrogen (secondary N) is 1. The number of fused-ring (bicyclic) bond motifs is 1. The minimum atomic E-state index is 0.0941. The number of carbonyl (C=O) groups is 1. The topological polar surface area (TPSA) is 67.0 Å². The summed E-state index contributed by atoms with van der Waals surface area (Å²) >= 11 is 0. The monoisotopic (exact) mass is 373 g/mol. The molecule has 0 atom stereocenters. The molecule has 0 bridgehead atoms. The number of nitrogens with zero attached hydrogens (tertiary/aromatic N) is 2. The van der Waals surface area contributed by atoms with Crippen molar-refractivity contribution in [1.29, 1.82) is 5.26 Å². The molecule has 0 radical (unpaired) electrons. The van der Waals surface area contributed by atoms with Gasteiger partial charge in [-0.15, -0.1) is 0 Å². The molecular weight excluding hydrogens is 350 g/mol. The van der Waals surface area contributed by atoms with Crippen molar-refractivity contribution in [2.45, 2.75) is 33.2 Å². The maximum atomic E-state index is 12.0. The Morgan fingerprint density at radius 3 is 2.57 bits per heavy atom. The Morgan fingerprint density at radius 2 is 1.96 bits per heavy atom. The number of aromatic nitrogens is 1. The first kappa shape index (κ1) is 18.1. The highest BCUT2D eigenvalue weighted by Crippen LogP contribution is 2.36. The third-order valence-corrected chi connectivity index (χ3v) is 5.15. The lowest BCUT2D eigenvalue weighted by molar-refractivity contribution is -0.117. The third-order valence-electron chi connectivity index (χ3n) is 5.15. The molecule has 1 heterocycles. The molecule has 2 aromatic carbocycles. The van der Waals surface area contributed by atoms with Gasteiger partial charge in [0.1, 0.15) is 11.8 Å². The van der Waals surface area contributed by atoms with Crippen molar-refractivity contribution in [3.05, 3.63) is 48.0 Å². The van der Waals surface area contributed by atoms with Crippen LogP contribution in [0.5, 0.6) is 5.75 Å². The Labute approximate surface area is 164 Å². The molecule has 3 aromatic rings. The molecule has 1 saturated carbocycles. The molecular formula is C23H23N3O2. The van der Waals surface area contributed by atoms with Crippen molar-refractivity contribution in [2.24, 2.45) is 5.92 Å². The number of carbonyl (C=O) groups excluding carboxylic acids is 1. The van der Waals surface area contributed by atoms with E-state index in [1.54, 1.807) is 0 Å². The summed E-state index contributed by atoms with van der Waals surface area (Å²) in [5, 5.41) is 13.7. The molecule has 0 aliphatic heterocycles. The van der Waals surface area contributed by atoms with E-state index in [1.807, 2.05) is 49.4 Å². The van der Waals surface area contributed by atoms with E-state index in [4.69, 9.17) is 4.74 Å². The van der Waals surface area contributed by atoms with Gasteiger partial charge < -0.3 is 14.6 Å². The molecule has 1 N–H and O–H groups in total. The van der Waals surface area contributed by atoms with E-state index in [1.165, 1.54) is 0 Å². The zero-order chi connectivity index (χ0) is 19.7. The molecule has 1 aromatic heterocycles. The molecule has 0 saturated heterocycles. The van der Waals surface area contributed by atoms with Gasteiger partial charge in [0.25, 0.3) is 0 Å². The average Bonchev–Trinajstić information content (AvgIpc) is 3.51. The second-order valence-corrected chi connectivity index (χ2v) is 7.03. The summed E-state index contributed by atoms with van der Waals surface area (Å²) in [6, 6.07) is 16.0. The molecule has 4 rings (SSSR count). The summed E-state index contributed by atoms with van der Waals surface area (Å²) in [4.78, 5) is 12.0. The smallest absolute Gasteiger partial charge is 0.227 e. The number of hydrogen-bond acceptors (Lipinski definition) is 3. The maximum absolute atomic E-state index is 12.0. The molecule has 1 fully saturated rings. The molecule has 0 unspecified atom stereocenters. The van der Waals surface area contributed by atoms with Crippen LogP contribution in [0.25, 0.3) is 22.2 Å². The summed E-state index contributed by atoms with van der Waals surface area (Å²) in [5.41, 5.74) is 4.29. The lowest BCUT2D eigenvalue weighted by Gasteiger charge is -2.10. The minimum absolute atomic E-state index is 0.0941. The number of hydrogen-bond donors (Lipinski definition) is 1. The van der Waals surface area contributed by atoms with Gasteiger partial charge >= 0.3 is 0 Å². The van der Waals surface area contributed by atoms with Crippen LogP contribution < -0.4 is 10.1 Å². The standard InChI is InChI=1S/C23H23N3O2/c1-3-26-21-13-18(28-4-2)11-12-19(21)20(14-24)22(26)15-7-9-17(10-8-15)25-23(27)16-5-6-16/h7-13,16H,3-6H2,1-2H3,(H,25,27). The van der Waals surface area contributed by atoms with Crippen LogP contribution in [0.1, 0.15) is 32.3 Å². The first-order valence-electron chi connectivity index (χ1n) is 9.76. The van der Waals surface area contributed by atoms with Crippen LogP contribution >= 0.6 is 0 Å². The van der Waals surface area contributed by atoms with E-state index in [0.29, 0.717) is 12.2 Å². The Kier molecular flexibility index (Phi) is 4.79. The van der Waals surface area contributed by atoms with Gasteiger partial charge in [-0.25, -0.2) is 0 Å². The van der Waals surface area contributed by atoms with Crippen LogP contribution in [0.3, 0.4) is 0 Å². The van der Waals surface area contributed by atoms with Gasteiger partial charge in [0, 0.05) is 29.6 Å². The van der Waals surface area contributed by atoms with Crippen LogP contribution in [0, 0.1) is 17.2 Å². The number of ether oxygens (including phenoxy) is 1. The fourth-order valence-electron chi connectivity index (χ4n) is 3.63. The fourth-order valence-corrected chi connectivity index (χ4v) is 3.63.